The molecule has 0 atom stereocenters. The number of aliphatic hydroxyl groups excluding tert-OH is 1. The number of nitrogen functional groups attached to an aromatic ring is 1. The number of nitrogens with zero attached hydrogens (tertiary/aromatic N) is 3. The molecule has 1 saturated heterocycles. The van der Waals surface area contributed by atoms with Gasteiger partial charge in [-0.3, -0.25) is 0 Å². The summed E-state index contributed by atoms with van der Waals surface area (Å²) >= 11 is 0. The number of anilines is 2. The third-order valence-electron chi connectivity index (χ3n) is 3.88. The fraction of sp³-hybridized carbons (Fsp3) is 0.692. The zero-order chi connectivity index (χ0) is 12.7. The summed E-state index contributed by atoms with van der Waals surface area (Å²) in [5, 5.41) is 9.57. The van der Waals surface area contributed by atoms with Crippen LogP contribution >= 0.6 is 0 Å². The molecule has 1 saturated carbocycles. The highest BCUT2D eigenvalue weighted by atomic mass is 16.3. The van der Waals surface area contributed by atoms with E-state index in [0.29, 0.717) is 11.7 Å². The van der Waals surface area contributed by atoms with Gasteiger partial charge in [0.2, 0.25) is 0 Å². The second-order valence-electron chi connectivity index (χ2n) is 5.41. The number of hydrogen-bond donors (Lipinski definition) is 2. The molecule has 98 valence electrons. The Bertz CT molecular complexity index is 451. The average molecular weight is 248 g/mol. The number of piperidine rings is 1. The third kappa shape index (κ3) is 2.14. The molecule has 0 spiro atoms. The number of hydrogen-bond acceptors (Lipinski definition) is 5. The maximum absolute atomic E-state index is 9.57. The van der Waals surface area contributed by atoms with Crippen LogP contribution in [-0.2, 0) is 0 Å². The standard InChI is InChI=1S/C13H20N4O/c1-8-11(14)15-12(9-2-3-9)16-13(8)17-6-4-10(18)5-7-17/h9-10,18H,2-7H2,1H3,(H2,14,15,16). The van der Waals surface area contributed by atoms with Crippen molar-refractivity contribution in [2.75, 3.05) is 23.7 Å². The van der Waals surface area contributed by atoms with Crippen LogP contribution in [0.25, 0.3) is 0 Å². The topological polar surface area (TPSA) is 75.3 Å². The molecule has 3 rings (SSSR count). The summed E-state index contributed by atoms with van der Waals surface area (Å²) in [6.07, 6.45) is 3.81. The first-order valence-electron chi connectivity index (χ1n) is 6.72. The first-order chi connectivity index (χ1) is 8.65. The van der Waals surface area contributed by atoms with Crippen LogP contribution < -0.4 is 10.6 Å². The van der Waals surface area contributed by atoms with Gasteiger partial charge >= 0.3 is 0 Å². The SMILES string of the molecule is Cc1c(N)nc(C2CC2)nc1N1CCC(O)CC1. The second kappa shape index (κ2) is 4.39. The Hall–Kier alpha value is -1.36. The van der Waals surface area contributed by atoms with Crippen LogP contribution in [-0.4, -0.2) is 34.3 Å². The van der Waals surface area contributed by atoms with Crippen molar-refractivity contribution in [2.24, 2.45) is 0 Å². The number of aromatic nitrogens is 2. The van der Waals surface area contributed by atoms with Gasteiger partial charge in [0.15, 0.2) is 0 Å². The number of rotatable bonds is 2. The van der Waals surface area contributed by atoms with Crippen LogP contribution in [0.15, 0.2) is 0 Å². The molecule has 0 amide bonds. The molecule has 2 fully saturated rings. The molecule has 5 nitrogen and oxygen atoms in total. The lowest BCUT2D eigenvalue weighted by atomic mass is 10.1. The number of aliphatic hydroxyl groups is 1. The van der Waals surface area contributed by atoms with Crippen LogP contribution in [0.1, 0.15) is 43.0 Å². The molecular formula is C13H20N4O. The summed E-state index contributed by atoms with van der Waals surface area (Å²) in [4.78, 5) is 11.3. The van der Waals surface area contributed by atoms with E-state index in [0.717, 1.165) is 43.1 Å². The lowest BCUT2D eigenvalue weighted by Crippen LogP contribution is -2.37. The fourth-order valence-corrected chi connectivity index (χ4v) is 2.45. The van der Waals surface area contributed by atoms with E-state index >= 15 is 0 Å². The van der Waals surface area contributed by atoms with E-state index in [1.165, 1.54) is 12.8 Å². The van der Waals surface area contributed by atoms with Crippen molar-refractivity contribution in [3.05, 3.63) is 11.4 Å². The summed E-state index contributed by atoms with van der Waals surface area (Å²) in [6.45, 7) is 3.68. The number of nitrogens with two attached hydrogens (primary N) is 1. The molecule has 0 radical (unpaired) electrons. The summed E-state index contributed by atoms with van der Waals surface area (Å²) < 4.78 is 0. The van der Waals surface area contributed by atoms with Gasteiger partial charge in [-0.05, 0) is 32.6 Å². The zero-order valence-corrected chi connectivity index (χ0v) is 10.8. The van der Waals surface area contributed by atoms with E-state index in [1.54, 1.807) is 0 Å². The van der Waals surface area contributed by atoms with Gasteiger partial charge in [-0.15, -0.1) is 0 Å². The van der Waals surface area contributed by atoms with Gasteiger partial charge in [-0.1, -0.05) is 0 Å². The van der Waals surface area contributed by atoms with E-state index in [2.05, 4.69) is 9.88 Å². The van der Waals surface area contributed by atoms with E-state index in [4.69, 9.17) is 10.7 Å². The normalized spacial score (nSPS) is 21.3. The molecule has 0 aromatic carbocycles. The minimum atomic E-state index is -0.163. The fourth-order valence-electron chi connectivity index (χ4n) is 2.45. The lowest BCUT2D eigenvalue weighted by molar-refractivity contribution is 0.145. The third-order valence-corrected chi connectivity index (χ3v) is 3.88. The van der Waals surface area contributed by atoms with E-state index in [-0.39, 0.29) is 6.10 Å². The van der Waals surface area contributed by atoms with Crippen LogP contribution in [0.5, 0.6) is 0 Å². The first-order valence-corrected chi connectivity index (χ1v) is 6.72. The highest BCUT2D eigenvalue weighted by Gasteiger charge is 2.29. The lowest BCUT2D eigenvalue weighted by Gasteiger charge is -2.31. The summed E-state index contributed by atoms with van der Waals surface area (Å²) in [6, 6.07) is 0. The molecule has 3 N–H and O–H groups in total. The minimum Gasteiger partial charge on any atom is -0.393 e. The quantitative estimate of drug-likeness (QED) is 0.822. The van der Waals surface area contributed by atoms with Crippen molar-refractivity contribution in [1.29, 1.82) is 0 Å². The van der Waals surface area contributed by atoms with Gasteiger partial charge in [-0.2, -0.15) is 0 Å². The smallest absolute Gasteiger partial charge is 0.137 e. The molecule has 1 aromatic heterocycles. The van der Waals surface area contributed by atoms with Crippen LogP contribution in [0.4, 0.5) is 11.6 Å². The summed E-state index contributed by atoms with van der Waals surface area (Å²) in [5.74, 6) is 2.99. The zero-order valence-electron chi connectivity index (χ0n) is 10.8. The van der Waals surface area contributed by atoms with E-state index in [9.17, 15) is 5.11 Å². The predicted molar refractivity (Wildman–Crippen MR) is 70.6 cm³/mol. The molecule has 0 unspecified atom stereocenters. The molecular weight excluding hydrogens is 228 g/mol. The molecule has 2 aliphatic rings. The van der Waals surface area contributed by atoms with E-state index < -0.39 is 0 Å². The Morgan fingerprint density at radius 1 is 1.17 bits per heavy atom. The van der Waals surface area contributed by atoms with Gasteiger partial charge < -0.3 is 15.7 Å². The van der Waals surface area contributed by atoms with Crippen molar-refractivity contribution in [3.63, 3.8) is 0 Å². The van der Waals surface area contributed by atoms with Gasteiger partial charge in [0.1, 0.15) is 17.5 Å². The Labute approximate surface area is 107 Å². The van der Waals surface area contributed by atoms with Crippen molar-refractivity contribution >= 4 is 11.6 Å². The van der Waals surface area contributed by atoms with Gasteiger partial charge in [0, 0.05) is 24.6 Å². The molecule has 18 heavy (non-hydrogen) atoms. The Kier molecular flexibility index (Phi) is 2.86. The summed E-state index contributed by atoms with van der Waals surface area (Å²) in [7, 11) is 0. The minimum absolute atomic E-state index is 0.163. The van der Waals surface area contributed by atoms with Crippen LogP contribution in [0, 0.1) is 6.92 Å². The molecule has 2 heterocycles. The highest BCUT2D eigenvalue weighted by Crippen LogP contribution is 2.39. The molecule has 0 bridgehead atoms. The molecule has 1 aromatic rings. The maximum atomic E-state index is 9.57. The van der Waals surface area contributed by atoms with Crippen LogP contribution in [0.2, 0.25) is 0 Å². The largest absolute Gasteiger partial charge is 0.393 e. The van der Waals surface area contributed by atoms with Gasteiger partial charge in [-0.25, -0.2) is 9.97 Å². The molecule has 1 aliphatic heterocycles. The maximum Gasteiger partial charge on any atom is 0.137 e. The Morgan fingerprint density at radius 3 is 2.44 bits per heavy atom. The van der Waals surface area contributed by atoms with Gasteiger partial charge in [0.25, 0.3) is 0 Å². The van der Waals surface area contributed by atoms with Crippen molar-refractivity contribution < 1.29 is 5.11 Å². The van der Waals surface area contributed by atoms with Crippen LogP contribution in [0.3, 0.4) is 0 Å². The molecule has 1 aliphatic carbocycles. The van der Waals surface area contributed by atoms with Crippen molar-refractivity contribution in [2.45, 2.75) is 44.6 Å². The predicted octanol–water partition coefficient (Wildman–Crippen LogP) is 1.21. The average Bonchev–Trinajstić information content (AvgIpc) is 3.18. The van der Waals surface area contributed by atoms with Crippen molar-refractivity contribution in [3.8, 4) is 0 Å². The summed E-state index contributed by atoms with van der Waals surface area (Å²) in [5.41, 5.74) is 6.96. The monoisotopic (exact) mass is 248 g/mol. The first kappa shape index (κ1) is 11.7. The van der Waals surface area contributed by atoms with Crippen molar-refractivity contribution in [1.82, 2.24) is 9.97 Å². The highest BCUT2D eigenvalue weighted by molar-refractivity contribution is 5.57. The van der Waals surface area contributed by atoms with Gasteiger partial charge in [0.05, 0.1) is 6.10 Å². The Balaban J connectivity index is 1.89. The molecule has 5 heteroatoms. The van der Waals surface area contributed by atoms with E-state index in [1.807, 2.05) is 6.92 Å². The second-order valence-corrected chi connectivity index (χ2v) is 5.41. The Morgan fingerprint density at radius 2 is 1.83 bits per heavy atom.